The summed E-state index contributed by atoms with van der Waals surface area (Å²) in [6.07, 6.45) is 3.73. The maximum atomic E-state index is 5.26. The van der Waals surface area contributed by atoms with E-state index in [-0.39, 0.29) is 0 Å². The van der Waals surface area contributed by atoms with Crippen LogP contribution in [0.1, 0.15) is 28.7 Å². The highest BCUT2D eigenvalue weighted by Crippen LogP contribution is 2.22. The van der Waals surface area contributed by atoms with Gasteiger partial charge in [0.25, 0.3) is 0 Å². The molecule has 4 heteroatoms. The lowest BCUT2D eigenvalue weighted by molar-refractivity contribution is 0.414. The van der Waals surface area contributed by atoms with E-state index in [9.17, 15) is 0 Å². The standard InChI is InChI=1S/C20H25N3O/c1-21-20(22-13-15-5-3-8-19(12-15)24-2)23-14-16-9-10-17-6-4-7-18(17)11-16/h3,5,8-12H,4,6-7,13-14H2,1-2H3,(H2,21,22,23). The summed E-state index contributed by atoms with van der Waals surface area (Å²) in [5, 5.41) is 6.73. The Bertz CT molecular complexity index is 725. The number of guanidine groups is 1. The molecule has 0 fully saturated rings. The molecule has 2 aromatic rings. The minimum absolute atomic E-state index is 0.709. The van der Waals surface area contributed by atoms with Crippen molar-refractivity contribution in [2.24, 2.45) is 4.99 Å². The van der Waals surface area contributed by atoms with E-state index >= 15 is 0 Å². The first-order chi connectivity index (χ1) is 11.8. The van der Waals surface area contributed by atoms with Gasteiger partial charge in [-0.05, 0) is 53.6 Å². The van der Waals surface area contributed by atoms with Crippen molar-refractivity contribution >= 4 is 5.96 Å². The second-order valence-corrected chi connectivity index (χ2v) is 6.09. The van der Waals surface area contributed by atoms with Crippen LogP contribution < -0.4 is 15.4 Å². The van der Waals surface area contributed by atoms with Gasteiger partial charge in [-0.25, -0.2) is 0 Å². The van der Waals surface area contributed by atoms with Gasteiger partial charge in [-0.3, -0.25) is 4.99 Å². The Morgan fingerprint density at radius 1 is 1.00 bits per heavy atom. The van der Waals surface area contributed by atoms with Crippen molar-refractivity contribution in [3.63, 3.8) is 0 Å². The first-order valence-corrected chi connectivity index (χ1v) is 8.46. The zero-order valence-electron chi connectivity index (χ0n) is 14.4. The van der Waals surface area contributed by atoms with Gasteiger partial charge in [0.1, 0.15) is 5.75 Å². The highest BCUT2D eigenvalue weighted by Gasteiger charge is 2.10. The van der Waals surface area contributed by atoms with E-state index < -0.39 is 0 Å². The molecule has 126 valence electrons. The normalized spacial score (nSPS) is 13.5. The van der Waals surface area contributed by atoms with Crippen LogP contribution in [0.2, 0.25) is 0 Å². The molecule has 0 saturated carbocycles. The lowest BCUT2D eigenvalue weighted by Gasteiger charge is -2.13. The first-order valence-electron chi connectivity index (χ1n) is 8.46. The lowest BCUT2D eigenvalue weighted by Crippen LogP contribution is -2.36. The van der Waals surface area contributed by atoms with Gasteiger partial charge in [0, 0.05) is 20.1 Å². The van der Waals surface area contributed by atoms with Gasteiger partial charge in [0.2, 0.25) is 0 Å². The Balaban J connectivity index is 1.53. The molecule has 0 aliphatic heterocycles. The van der Waals surface area contributed by atoms with Gasteiger partial charge in [-0.1, -0.05) is 30.3 Å². The zero-order chi connectivity index (χ0) is 16.8. The zero-order valence-corrected chi connectivity index (χ0v) is 14.4. The van der Waals surface area contributed by atoms with E-state index in [1.165, 1.54) is 36.0 Å². The summed E-state index contributed by atoms with van der Waals surface area (Å²) >= 11 is 0. The van der Waals surface area contributed by atoms with Crippen molar-refractivity contribution in [3.05, 3.63) is 64.7 Å². The van der Waals surface area contributed by atoms with Crippen LogP contribution >= 0.6 is 0 Å². The molecule has 3 rings (SSSR count). The summed E-state index contributed by atoms with van der Waals surface area (Å²) < 4.78 is 5.26. The number of hydrogen-bond donors (Lipinski definition) is 2. The molecule has 0 amide bonds. The molecule has 0 saturated heterocycles. The molecule has 0 aromatic heterocycles. The smallest absolute Gasteiger partial charge is 0.191 e. The molecular formula is C20H25N3O. The number of methoxy groups -OCH3 is 1. The maximum Gasteiger partial charge on any atom is 0.191 e. The Hall–Kier alpha value is -2.49. The Morgan fingerprint density at radius 2 is 1.75 bits per heavy atom. The molecule has 1 aliphatic rings. The van der Waals surface area contributed by atoms with Crippen molar-refractivity contribution in [2.75, 3.05) is 14.2 Å². The van der Waals surface area contributed by atoms with Crippen LogP contribution in [0.25, 0.3) is 0 Å². The van der Waals surface area contributed by atoms with Gasteiger partial charge in [0.05, 0.1) is 7.11 Å². The van der Waals surface area contributed by atoms with Crippen molar-refractivity contribution in [3.8, 4) is 5.75 Å². The molecule has 0 radical (unpaired) electrons. The number of ether oxygens (including phenoxy) is 1. The molecule has 2 N–H and O–H groups in total. The number of nitrogens with zero attached hydrogens (tertiary/aromatic N) is 1. The molecule has 0 unspecified atom stereocenters. The van der Waals surface area contributed by atoms with E-state index in [1.807, 2.05) is 18.2 Å². The van der Waals surface area contributed by atoms with Crippen LogP contribution in [0.15, 0.2) is 47.5 Å². The fourth-order valence-corrected chi connectivity index (χ4v) is 3.11. The minimum atomic E-state index is 0.709. The average molecular weight is 323 g/mol. The highest BCUT2D eigenvalue weighted by atomic mass is 16.5. The first kappa shape index (κ1) is 16.4. The maximum absolute atomic E-state index is 5.26. The number of aliphatic imine (C=N–C) groups is 1. The number of fused-ring (bicyclic) bond motifs is 1. The van der Waals surface area contributed by atoms with Crippen molar-refractivity contribution in [2.45, 2.75) is 32.4 Å². The lowest BCUT2D eigenvalue weighted by atomic mass is 10.1. The molecule has 24 heavy (non-hydrogen) atoms. The molecule has 0 bridgehead atoms. The van der Waals surface area contributed by atoms with E-state index in [4.69, 9.17) is 4.74 Å². The number of benzene rings is 2. The predicted octanol–water partition coefficient (Wildman–Crippen LogP) is 3.05. The average Bonchev–Trinajstić information content (AvgIpc) is 3.10. The largest absolute Gasteiger partial charge is 0.497 e. The summed E-state index contributed by atoms with van der Waals surface area (Å²) in [7, 11) is 3.48. The fraction of sp³-hybridized carbons (Fsp3) is 0.350. The number of aryl methyl sites for hydroxylation is 2. The van der Waals surface area contributed by atoms with Crippen LogP contribution in [-0.2, 0) is 25.9 Å². The topological polar surface area (TPSA) is 45.7 Å². The second-order valence-electron chi connectivity index (χ2n) is 6.09. The number of rotatable bonds is 5. The summed E-state index contributed by atoms with van der Waals surface area (Å²) in [6, 6.07) is 14.9. The van der Waals surface area contributed by atoms with E-state index in [1.54, 1.807) is 14.2 Å². The van der Waals surface area contributed by atoms with E-state index in [0.29, 0.717) is 6.54 Å². The van der Waals surface area contributed by atoms with E-state index in [0.717, 1.165) is 23.8 Å². The molecular weight excluding hydrogens is 298 g/mol. The monoisotopic (exact) mass is 323 g/mol. The van der Waals surface area contributed by atoms with Crippen LogP contribution in [0.4, 0.5) is 0 Å². The van der Waals surface area contributed by atoms with Gasteiger partial charge in [-0.2, -0.15) is 0 Å². The van der Waals surface area contributed by atoms with Crippen LogP contribution in [0, 0.1) is 0 Å². The van der Waals surface area contributed by atoms with Gasteiger partial charge in [0.15, 0.2) is 5.96 Å². The Kier molecular flexibility index (Phi) is 5.36. The summed E-state index contributed by atoms with van der Waals surface area (Å²) in [5.74, 6) is 1.67. The van der Waals surface area contributed by atoms with Crippen molar-refractivity contribution in [1.29, 1.82) is 0 Å². The summed E-state index contributed by atoms with van der Waals surface area (Å²) in [5.41, 5.74) is 5.49. The molecule has 0 atom stereocenters. The molecule has 4 nitrogen and oxygen atoms in total. The molecule has 0 heterocycles. The highest BCUT2D eigenvalue weighted by molar-refractivity contribution is 5.79. The van der Waals surface area contributed by atoms with Crippen LogP contribution in [0.5, 0.6) is 5.75 Å². The third kappa shape index (κ3) is 4.07. The van der Waals surface area contributed by atoms with Gasteiger partial charge < -0.3 is 15.4 Å². The third-order valence-electron chi connectivity index (χ3n) is 4.44. The summed E-state index contributed by atoms with van der Waals surface area (Å²) in [4.78, 5) is 4.30. The number of hydrogen-bond acceptors (Lipinski definition) is 2. The SMILES string of the molecule is CN=C(NCc1cccc(OC)c1)NCc1ccc2c(c1)CCC2. The van der Waals surface area contributed by atoms with Gasteiger partial charge >= 0.3 is 0 Å². The molecule has 2 aromatic carbocycles. The Morgan fingerprint density at radius 3 is 2.50 bits per heavy atom. The minimum Gasteiger partial charge on any atom is -0.497 e. The fourth-order valence-electron chi connectivity index (χ4n) is 3.11. The molecule has 0 spiro atoms. The Labute approximate surface area is 144 Å². The van der Waals surface area contributed by atoms with Crippen LogP contribution in [0.3, 0.4) is 0 Å². The predicted molar refractivity (Wildman–Crippen MR) is 98.5 cm³/mol. The quantitative estimate of drug-likeness (QED) is 0.657. The summed E-state index contributed by atoms with van der Waals surface area (Å²) in [6.45, 7) is 1.49. The molecule has 1 aliphatic carbocycles. The van der Waals surface area contributed by atoms with E-state index in [2.05, 4.69) is 39.9 Å². The van der Waals surface area contributed by atoms with Crippen molar-refractivity contribution in [1.82, 2.24) is 10.6 Å². The second kappa shape index (κ2) is 7.86. The van der Waals surface area contributed by atoms with Crippen molar-refractivity contribution < 1.29 is 4.74 Å². The van der Waals surface area contributed by atoms with Gasteiger partial charge in [-0.15, -0.1) is 0 Å². The number of nitrogens with one attached hydrogen (secondary N) is 2. The van der Waals surface area contributed by atoms with Crippen LogP contribution in [-0.4, -0.2) is 20.1 Å². The third-order valence-corrected chi connectivity index (χ3v) is 4.44.